The van der Waals surface area contributed by atoms with E-state index in [0.29, 0.717) is 24.9 Å². The number of halogens is 1. The van der Waals surface area contributed by atoms with Crippen LogP contribution in [0.1, 0.15) is 27.2 Å². The molecule has 0 aliphatic carbocycles. The zero-order chi connectivity index (χ0) is 11.8. The van der Waals surface area contributed by atoms with Crippen LogP contribution in [0.3, 0.4) is 0 Å². The summed E-state index contributed by atoms with van der Waals surface area (Å²) >= 11 is 3.10. The highest BCUT2D eigenvalue weighted by atomic mass is 79.9. The minimum Gasteiger partial charge on any atom is -0.450 e. The van der Waals surface area contributed by atoms with Crippen molar-refractivity contribution >= 4 is 27.8 Å². The molecule has 0 radical (unpaired) electrons. The van der Waals surface area contributed by atoms with E-state index in [9.17, 15) is 9.59 Å². The topological polar surface area (TPSA) is 46.6 Å². The molecular formula is C10H18BrNO3. The molecule has 1 atom stereocenters. The van der Waals surface area contributed by atoms with Gasteiger partial charge in [0, 0.05) is 19.0 Å². The lowest BCUT2D eigenvalue weighted by atomic mass is 10.1. The highest BCUT2D eigenvalue weighted by Crippen LogP contribution is 2.07. The first-order valence-corrected chi connectivity index (χ1v) is 6.19. The van der Waals surface area contributed by atoms with Crippen LogP contribution >= 0.6 is 15.9 Å². The van der Waals surface area contributed by atoms with Crippen LogP contribution in [0.2, 0.25) is 0 Å². The number of hydrogen-bond donors (Lipinski definition) is 0. The van der Waals surface area contributed by atoms with Crippen LogP contribution in [0.15, 0.2) is 0 Å². The molecule has 0 N–H and O–H groups in total. The third-order valence-electron chi connectivity index (χ3n) is 2.05. The molecule has 15 heavy (non-hydrogen) atoms. The minimum absolute atomic E-state index is 0.0882. The number of carbonyl (C=O) groups is 2. The summed E-state index contributed by atoms with van der Waals surface area (Å²) in [5, 5.41) is 0.331. The highest BCUT2D eigenvalue weighted by molar-refractivity contribution is 9.09. The minimum atomic E-state index is -0.352. The van der Waals surface area contributed by atoms with Gasteiger partial charge in [-0.3, -0.25) is 4.79 Å². The van der Waals surface area contributed by atoms with E-state index in [1.165, 1.54) is 0 Å². The van der Waals surface area contributed by atoms with Gasteiger partial charge in [-0.15, -0.1) is 0 Å². The summed E-state index contributed by atoms with van der Waals surface area (Å²) < 4.78 is 4.90. The van der Waals surface area contributed by atoms with E-state index in [-0.39, 0.29) is 17.9 Å². The fraction of sp³-hybridized carbons (Fsp3) is 0.800. The van der Waals surface area contributed by atoms with Crippen LogP contribution in [0.5, 0.6) is 0 Å². The summed E-state index contributed by atoms with van der Waals surface area (Å²) in [4.78, 5) is 24.2. The first kappa shape index (κ1) is 14.4. The maximum absolute atomic E-state index is 11.5. The Morgan fingerprint density at radius 2 is 2.00 bits per heavy atom. The molecular weight excluding hydrogens is 262 g/mol. The molecule has 1 amide bonds. The van der Waals surface area contributed by atoms with Gasteiger partial charge in [-0.05, 0) is 20.8 Å². The summed E-state index contributed by atoms with van der Waals surface area (Å²) in [5.74, 6) is 0.0882. The van der Waals surface area contributed by atoms with Crippen LogP contribution in [-0.4, -0.2) is 41.3 Å². The Morgan fingerprint density at radius 3 is 2.40 bits per heavy atom. The number of amides is 1. The number of nitrogens with zero attached hydrogens (tertiary/aromatic N) is 1. The molecule has 4 nitrogen and oxygen atoms in total. The smallest absolute Gasteiger partial charge is 0.409 e. The van der Waals surface area contributed by atoms with Gasteiger partial charge in [-0.25, -0.2) is 4.79 Å². The fourth-order valence-electron chi connectivity index (χ4n) is 1.32. The molecule has 0 heterocycles. The van der Waals surface area contributed by atoms with Gasteiger partial charge in [-0.1, -0.05) is 15.9 Å². The lowest BCUT2D eigenvalue weighted by Crippen LogP contribution is -2.40. The predicted molar refractivity (Wildman–Crippen MR) is 62.3 cm³/mol. The van der Waals surface area contributed by atoms with Crippen molar-refractivity contribution < 1.29 is 14.3 Å². The van der Waals surface area contributed by atoms with Crippen molar-refractivity contribution in [3.63, 3.8) is 0 Å². The number of ketones is 1. The molecule has 0 aliphatic rings. The van der Waals surface area contributed by atoms with E-state index in [4.69, 9.17) is 4.74 Å². The molecule has 0 aliphatic heterocycles. The number of alkyl halides is 1. The van der Waals surface area contributed by atoms with Gasteiger partial charge in [0.2, 0.25) is 0 Å². The SMILES string of the molecule is CCOC(=O)N(CC)C(C)CC(=O)CBr. The quantitative estimate of drug-likeness (QED) is 0.701. The normalized spacial score (nSPS) is 12.0. The maximum Gasteiger partial charge on any atom is 0.409 e. The van der Waals surface area contributed by atoms with Gasteiger partial charge in [0.15, 0.2) is 0 Å². The van der Waals surface area contributed by atoms with Crippen LogP contribution in [0, 0.1) is 0 Å². The van der Waals surface area contributed by atoms with Gasteiger partial charge in [-0.2, -0.15) is 0 Å². The van der Waals surface area contributed by atoms with Gasteiger partial charge in [0.05, 0.1) is 11.9 Å². The van der Waals surface area contributed by atoms with E-state index < -0.39 is 0 Å². The number of Topliss-reactive ketones (excluding diaryl/α,β-unsaturated/α-hetero) is 1. The Hall–Kier alpha value is -0.580. The van der Waals surface area contributed by atoms with Gasteiger partial charge in [0.1, 0.15) is 5.78 Å². The van der Waals surface area contributed by atoms with Crippen molar-refractivity contribution in [1.82, 2.24) is 4.90 Å². The second-order valence-corrected chi connectivity index (χ2v) is 3.77. The van der Waals surface area contributed by atoms with Crippen molar-refractivity contribution in [3.8, 4) is 0 Å². The average Bonchev–Trinajstić information content (AvgIpc) is 2.19. The molecule has 0 fully saturated rings. The fourth-order valence-corrected chi connectivity index (χ4v) is 1.55. The molecule has 0 spiro atoms. The summed E-state index contributed by atoms with van der Waals surface area (Å²) in [6.45, 7) is 6.39. The predicted octanol–water partition coefficient (Wildman–Crippen LogP) is 2.21. The molecule has 0 aromatic carbocycles. The van der Waals surface area contributed by atoms with Crippen LogP contribution in [0.4, 0.5) is 4.79 Å². The Morgan fingerprint density at radius 1 is 1.40 bits per heavy atom. The summed E-state index contributed by atoms with van der Waals surface area (Å²) in [6.07, 6.45) is 0.00706. The molecule has 0 aromatic heterocycles. The third kappa shape index (κ3) is 5.16. The first-order chi connectivity index (χ1) is 7.06. The zero-order valence-corrected chi connectivity index (χ0v) is 11.0. The van der Waals surface area contributed by atoms with Crippen LogP contribution in [-0.2, 0) is 9.53 Å². The highest BCUT2D eigenvalue weighted by Gasteiger charge is 2.21. The number of rotatable bonds is 6. The standard InChI is InChI=1S/C10H18BrNO3/c1-4-12(10(14)15-5-2)8(3)6-9(13)7-11/h8H,4-7H2,1-3H3. The molecule has 0 saturated heterocycles. The Kier molecular flexibility index (Phi) is 7.38. The summed E-state index contributed by atoms with van der Waals surface area (Å²) in [5.41, 5.74) is 0. The molecule has 5 heteroatoms. The lowest BCUT2D eigenvalue weighted by Gasteiger charge is -2.26. The zero-order valence-electron chi connectivity index (χ0n) is 9.46. The van der Waals surface area contributed by atoms with Gasteiger partial charge in [0.25, 0.3) is 0 Å². The van der Waals surface area contributed by atoms with E-state index >= 15 is 0 Å². The number of carbonyl (C=O) groups excluding carboxylic acids is 2. The van der Waals surface area contributed by atoms with Crippen LogP contribution < -0.4 is 0 Å². The largest absolute Gasteiger partial charge is 0.450 e. The van der Waals surface area contributed by atoms with Crippen LogP contribution in [0.25, 0.3) is 0 Å². The van der Waals surface area contributed by atoms with E-state index in [1.54, 1.807) is 11.8 Å². The van der Waals surface area contributed by atoms with E-state index in [1.807, 2.05) is 13.8 Å². The Balaban J connectivity index is 4.26. The van der Waals surface area contributed by atoms with Crippen molar-refractivity contribution in [3.05, 3.63) is 0 Å². The van der Waals surface area contributed by atoms with Crippen molar-refractivity contribution in [2.45, 2.75) is 33.2 Å². The molecule has 88 valence electrons. The summed E-state index contributed by atoms with van der Waals surface area (Å²) in [6, 6.07) is -0.112. The van der Waals surface area contributed by atoms with Gasteiger partial charge >= 0.3 is 6.09 Å². The molecule has 0 aromatic rings. The van der Waals surface area contributed by atoms with E-state index in [2.05, 4.69) is 15.9 Å². The average molecular weight is 280 g/mol. The lowest BCUT2D eigenvalue weighted by molar-refractivity contribution is -0.117. The summed E-state index contributed by atoms with van der Waals surface area (Å²) in [7, 11) is 0. The second-order valence-electron chi connectivity index (χ2n) is 3.21. The van der Waals surface area contributed by atoms with Crippen molar-refractivity contribution in [2.75, 3.05) is 18.5 Å². The third-order valence-corrected chi connectivity index (χ3v) is 2.67. The Labute approximate surface area is 99.1 Å². The molecule has 0 rings (SSSR count). The number of ether oxygens (including phenoxy) is 1. The number of hydrogen-bond acceptors (Lipinski definition) is 3. The maximum atomic E-state index is 11.5. The molecule has 0 bridgehead atoms. The first-order valence-electron chi connectivity index (χ1n) is 5.07. The van der Waals surface area contributed by atoms with E-state index in [0.717, 1.165) is 0 Å². The molecule has 0 saturated carbocycles. The monoisotopic (exact) mass is 279 g/mol. The van der Waals surface area contributed by atoms with Crippen molar-refractivity contribution in [2.24, 2.45) is 0 Å². The Bertz CT molecular complexity index is 221. The second kappa shape index (κ2) is 7.68. The molecule has 1 unspecified atom stereocenters. The van der Waals surface area contributed by atoms with Gasteiger partial charge < -0.3 is 9.64 Å². The van der Waals surface area contributed by atoms with Crippen molar-refractivity contribution in [1.29, 1.82) is 0 Å².